The smallest absolute Gasteiger partial charge is 0.357 e. The van der Waals surface area contributed by atoms with Crippen LogP contribution in [0.25, 0.3) is 0 Å². The molecular weight excluding hydrogens is 315 g/mol. The number of aromatic carboxylic acids is 1. The number of halogens is 1. The van der Waals surface area contributed by atoms with Gasteiger partial charge in [0.05, 0.1) is 5.56 Å². The van der Waals surface area contributed by atoms with E-state index in [1.165, 1.54) is 3.57 Å². The van der Waals surface area contributed by atoms with Gasteiger partial charge in [-0.25, -0.2) is 4.79 Å². The fourth-order valence-corrected chi connectivity index (χ4v) is 3.66. The quantitative estimate of drug-likeness (QED) is 0.774. The largest absolute Gasteiger partial charge is 0.478 e. The Morgan fingerprint density at radius 1 is 0.938 bits per heavy atom. The van der Waals surface area contributed by atoms with Gasteiger partial charge in [-0.3, -0.25) is 0 Å². The van der Waals surface area contributed by atoms with Gasteiger partial charge < -0.3 is 5.11 Å². The van der Waals surface area contributed by atoms with Crippen molar-refractivity contribution in [3.05, 3.63) is 67.3 Å². The Morgan fingerprint density at radius 2 is 1.62 bits per heavy atom. The van der Waals surface area contributed by atoms with Crippen LogP contribution in [0.4, 0.5) is 0 Å². The maximum atomic E-state index is 10.8. The van der Waals surface area contributed by atoms with Crippen LogP contribution in [0.5, 0.6) is 0 Å². The van der Waals surface area contributed by atoms with Crippen LogP contribution in [0.2, 0.25) is 0 Å². The lowest BCUT2D eigenvalue weighted by molar-refractivity contribution is -0.597. The standard InChI is InChI=1S/C13H9IO2/c15-13(16)10-5-4-8-12(9-10)14-11-6-2-1-3-7-11/h1-9H/p+1. The van der Waals surface area contributed by atoms with Crippen LogP contribution >= 0.6 is 0 Å². The third-order valence-electron chi connectivity index (χ3n) is 2.02. The molecule has 0 bridgehead atoms. The minimum absolute atomic E-state index is 0.277. The molecule has 0 unspecified atom stereocenters. The highest BCUT2D eigenvalue weighted by Crippen LogP contribution is 1.97. The van der Waals surface area contributed by atoms with Crippen LogP contribution in [0.3, 0.4) is 0 Å². The van der Waals surface area contributed by atoms with E-state index < -0.39 is 5.97 Å². The zero-order chi connectivity index (χ0) is 11.4. The van der Waals surface area contributed by atoms with Crippen molar-refractivity contribution in [1.29, 1.82) is 0 Å². The summed E-state index contributed by atoms with van der Waals surface area (Å²) in [6, 6.07) is 17.4. The fraction of sp³-hybridized carbons (Fsp3) is 0. The third kappa shape index (κ3) is 2.82. The van der Waals surface area contributed by atoms with Crippen LogP contribution in [-0.4, -0.2) is 11.1 Å². The number of rotatable bonds is 3. The average molecular weight is 325 g/mol. The minimum Gasteiger partial charge on any atom is -0.478 e. The molecule has 0 radical (unpaired) electrons. The summed E-state index contributed by atoms with van der Waals surface area (Å²) >= 11 is -0.277. The van der Waals surface area contributed by atoms with Crippen LogP contribution < -0.4 is 21.2 Å². The molecule has 0 spiro atoms. The van der Waals surface area contributed by atoms with E-state index in [2.05, 4.69) is 12.1 Å². The second kappa shape index (κ2) is 5.12. The van der Waals surface area contributed by atoms with Crippen molar-refractivity contribution in [1.82, 2.24) is 0 Å². The first-order chi connectivity index (χ1) is 7.75. The van der Waals surface area contributed by atoms with E-state index in [0.29, 0.717) is 5.56 Å². The molecule has 0 heterocycles. The molecule has 0 fully saturated rings. The van der Waals surface area contributed by atoms with Gasteiger partial charge in [-0.15, -0.1) is 0 Å². The Bertz CT molecular complexity index is 494. The summed E-state index contributed by atoms with van der Waals surface area (Å²) in [5.41, 5.74) is 0.369. The number of hydrogen-bond donors (Lipinski definition) is 1. The number of carbonyl (C=O) groups is 1. The Balaban J connectivity index is 2.22. The zero-order valence-electron chi connectivity index (χ0n) is 8.43. The lowest BCUT2D eigenvalue weighted by Gasteiger charge is -1.91. The molecule has 2 aromatic rings. The molecule has 0 aliphatic heterocycles. The number of carboxylic acid groups (broad SMARTS) is 1. The van der Waals surface area contributed by atoms with Gasteiger partial charge in [0.15, 0.2) is 7.14 Å². The Hall–Kier alpha value is -1.36. The molecule has 2 aromatic carbocycles. The maximum Gasteiger partial charge on any atom is 0.357 e. The summed E-state index contributed by atoms with van der Waals surface area (Å²) in [5, 5.41) is 8.89. The molecule has 0 atom stereocenters. The van der Waals surface area contributed by atoms with Gasteiger partial charge >= 0.3 is 27.2 Å². The Labute approximate surface area is 104 Å². The van der Waals surface area contributed by atoms with Crippen LogP contribution in [-0.2, 0) is 0 Å². The van der Waals surface area contributed by atoms with Gasteiger partial charge in [-0.1, -0.05) is 24.3 Å². The van der Waals surface area contributed by atoms with Crippen LogP contribution in [0, 0.1) is 7.14 Å². The van der Waals surface area contributed by atoms with Crippen LogP contribution in [0.1, 0.15) is 10.4 Å². The number of benzene rings is 2. The fourth-order valence-electron chi connectivity index (χ4n) is 1.28. The summed E-state index contributed by atoms with van der Waals surface area (Å²) < 4.78 is 2.42. The van der Waals surface area contributed by atoms with Gasteiger partial charge in [-0.2, -0.15) is 0 Å². The van der Waals surface area contributed by atoms with E-state index in [1.807, 2.05) is 24.3 Å². The monoisotopic (exact) mass is 325 g/mol. The van der Waals surface area contributed by atoms with Gasteiger partial charge in [-0.05, 0) is 24.3 Å². The number of carboxylic acids is 1. The van der Waals surface area contributed by atoms with E-state index >= 15 is 0 Å². The van der Waals surface area contributed by atoms with Crippen molar-refractivity contribution < 1.29 is 31.1 Å². The molecule has 1 N–H and O–H groups in total. The molecule has 0 aliphatic carbocycles. The molecule has 0 aliphatic rings. The average Bonchev–Trinajstić information content (AvgIpc) is 2.30. The first-order valence-corrected chi connectivity index (χ1v) is 6.95. The second-order valence-corrected chi connectivity index (χ2v) is 6.24. The minimum atomic E-state index is -0.862. The lowest BCUT2D eigenvalue weighted by Crippen LogP contribution is -3.61. The van der Waals surface area contributed by atoms with Crippen molar-refractivity contribution in [3.8, 4) is 0 Å². The van der Waals surface area contributed by atoms with Gasteiger partial charge in [0, 0.05) is 6.07 Å². The highest BCUT2D eigenvalue weighted by molar-refractivity contribution is 5.87. The maximum absolute atomic E-state index is 10.8. The van der Waals surface area contributed by atoms with E-state index in [9.17, 15) is 4.79 Å². The molecule has 0 saturated heterocycles. The van der Waals surface area contributed by atoms with Crippen molar-refractivity contribution in [2.45, 2.75) is 0 Å². The molecule has 3 heteroatoms. The van der Waals surface area contributed by atoms with E-state index in [1.54, 1.807) is 18.2 Å². The van der Waals surface area contributed by atoms with E-state index in [4.69, 9.17) is 5.11 Å². The summed E-state index contributed by atoms with van der Waals surface area (Å²) in [6.07, 6.45) is 0. The first kappa shape index (κ1) is 11.1. The predicted molar refractivity (Wildman–Crippen MR) is 57.2 cm³/mol. The summed E-state index contributed by atoms with van der Waals surface area (Å²) in [4.78, 5) is 10.8. The lowest BCUT2D eigenvalue weighted by atomic mass is 10.2. The number of hydrogen-bond acceptors (Lipinski definition) is 1. The Kier molecular flexibility index (Phi) is 3.56. The molecule has 80 valence electrons. The summed E-state index contributed by atoms with van der Waals surface area (Å²) in [7, 11) is 0. The molecule has 16 heavy (non-hydrogen) atoms. The predicted octanol–water partition coefficient (Wildman–Crippen LogP) is -0.487. The van der Waals surface area contributed by atoms with Gasteiger partial charge in [0.25, 0.3) is 0 Å². The normalized spacial score (nSPS) is 10.0. The van der Waals surface area contributed by atoms with Crippen molar-refractivity contribution in [3.63, 3.8) is 0 Å². The van der Waals surface area contributed by atoms with Crippen molar-refractivity contribution >= 4 is 5.97 Å². The Morgan fingerprint density at radius 3 is 2.31 bits per heavy atom. The summed E-state index contributed by atoms with van der Waals surface area (Å²) in [6.45, 7) is 0. The zero-order valence-corrected chi connectivity index (χ0v) is 10.6. The highest BCUT2D eigenvalue weighted by Gasteiger charge is 2.16. The highest BCUT2D eigenvalue weighted by atomic mass is 127. The van der Waals surface area contributed by atoms with Crippen molar-refractivity contribution in [2.75, 3.05) is 0 Å². The second-order valence-electron chi connectivity index (χ2n) is 3.21. The molecular formula is C13H10IO2+. The summed E-state index contributed by atoms with van der Waals surface area (Å²) in [5.74, 6) is -0.862. The van der Waals surface area contributed by atoms with Crippen LogP contribution in [0.15, 0.2) is 54.6 Å². The van der Waals surface area contributed by atoms with E-state index in [0.717, 1.165) is 3.57 Å². The molecule has 2 nitrogen and oxygen atoms in total. The molecule has 0 amide bonds. The topological polar surface area (TPSA) is 37.3 Å². The van der Waals surface area contributed by atoms with Crippen molar-refractivity contribution in [2.24, 2.45) is 0 Å². The third-order valence-corrected chi connectivity index (χ3v) is 4.66. The van der Waals surface area contributed by atoms with E-state index in [-0.39, 0.29) is 21.2 Å². The molecule has 0 saturated carbocycles. The van der Waals surface area contributed by atoms with Gasteiger partial charge in [0.1, 0.15) is 0 Å². The molecule has 2 rings (SSSR count). The molecule has 0 aromatic heterocycles. The van der Waals surface area contributed by atoms with Gasteiger partial charge in [0.2, 0.25) is 0 Å². The first-order valence-electron chi connectivity index (χ1n) is 4.79. The SMILES string of the molecule is O=C(O)c1cccc([I+]c2ccccc2)c1.